The minimum Gasteiger partial charge on any atom is -0.455 e. The third kappa shape index (κ3) is 2.77. The highest BCUT2D eigenvalue weighted by atomic mass is 19.1. The Morgan fingerprint density at radius 3 is 2.71 bits per heavy atom. The van der Waals surface area contributed by atoms with Gasteiger partial charge in [0, 0.05) is 6.07 Å². The molecule has 0 aliphatic heterocycles. The van der Waals surface area contributed by atoms with Crippen molar-refractivity contribution in [2.75, 3.05) is 0 Å². The molecule has 0 atom stereocenters. The summed E-state index contributed by atoms with van der Waals surface area (Å²) in [5, 5.41) is 0. The van der Waals surface area contributed by atoms with Gasteiger partial charge in [-0.3, -0.25) is 0 Å². The van der Waals surface area contributed by atoms with Crippen LogP contribution in [0.4, 0.5) is 10.1 Å². The van der Waals surface area contributed by atoms with E-state index in [1.165, 1.54) is 24.3 Å². The Bertz CT molecular complexity index is 577. The highest BCUT2D eigenvalue weighted by Gasteiger charge is 2.03. The van der Waals surface area contributed by atoms with Gasteiger partial charge < -0.3 is 4.74 Å². The smallest absolute Gasteiger partial charge is 0.240 e. The molecule has 2 rings (SSSR count). The molecular formula is C13H8FNO2. The molecule has 0 N–H and O–H groups in total. The average molecular weight is 229 g/mol. The molecule has 0 spiro atoms. The summed E-state index contributed by atoms with van der Waals surface area (Å²) in [4.78, 5) is 13.7. The Balaban J connectivity index is 2.33. The molecule has 2 aromatic rings. The maximum atomic E-state index is 13.0. The zero-order chi connectivity index (χ0) is 12.1. The molecule has 2 aromatic carbocycles. The maximum Gasteiger partial charge on any atom is 0.240 e. The van der Waals surface area contributed by atoms with Gasteiger partial charge in [-0.05, 0) is 24.3 Å². The fourth-order valence-corrected chi connectivity index (χ4v) is 1.34. The van der Waals surface area contributed by atoms with Crippen LogP contribution in [0.5, 0.6) is 11.5 Å². The Labute approximate surface area is 97.2 Å². The molecule has 3 nitrogen and oxygen atoms in total. The fraction of sp³-hybridized carbons (Fsp3) is 0. The topological polar surface area (TPSA) is 38.7 Å². The van der Waals surface area contributed by atoms with E-state index in [-0.39, 0.29) is 5.82 Å². The van der Waals surface area contributed by atoms with Crippen molar-refractivity contribution in [1.29, 1.82) is 0 Å². The predicted molar refractivity (Wildman–Crippen MR) is 60.7 cm³/mol. The van der Waals surface area contributed by atoms with Crippen LogP contribution in [0.2, 0.25) is 0 Å². The molecule has 0 aromatic heterocycles. The van der Waals surface area contributed by atoms with Gasteiger partial charge in [0.1, 0.15) is 17.3 Å². The number of isocyanates is 1. The molecule has 0 bridgehead atoms. The van der Waals surface area contributed by atoms with E-state index in [0.29, 0.717) is 17.2 Å². The number of carbonyl (C=O) groups excluding carboxylic acids is 1. The van der Waals surface area contributed by atoms with Gasteiger partial charge in [-0.2, -0.15) is 4.99 Å². The zero-order valence-electron chi connectivity index (χ0n) is 8.76. The highest BCUT2D eigenvalue weighted by molar-refractivity contribution is 5.58. The number of benzene rings is 2. The summed E-state index contributed by atoms with van der Waals surface area (Å²) in [6, 6.07) is 12.4. The number of hydrogen-bond acceptors (Lipinski definition) is 3. The lowest BCUT2D eigenvalue weighted by molar-refractivity contribution is 0.478. The van der Waals surface area contributed by atoms with Crippen molar-refractivity contribution in [3.63, 3.8) is 0 Å². The van der Waals surface area contributed by atoms with E-state index in [1.807, 2.05) is 0 Å². The normalized spacial score (nSPS) is 9.47. The Hall–Kier alpha value is -2.45. The van der Waals surface area contributed by atoms with E-state index in [1.54, 1.807) is 30.3 Å². The monoisotopic (exact) mass is 229 g/mol. The highest BCUT2D eigenvalue weighted by Crippen LogP contribution is 2.31. The van der Waals surface area contributed by atoms with Crippen molar-refractivity contribution < 1.29 is 13.9 Å². The van der Waals surface area contributed by atoms with Crippen LogP contribution in [0.25, 0.3) is 0 Å². The van der Waals surface area contributed by atoms with Crippen LogP contribution >= 0.6 is 0 Å². The maximum absolute atomic E-state index is 13.0. The van der Waals surface area contributed by atoms with Crippen molar-refractivity contribution in [2.45, 2.75) is 0 Å². The van der Waals surface area contributed by atoms with Crippen LogP contribution in [0.1, 0.15) is 0 Å². The van der Waals surface area contributed by atoms with Gasteiger partial charge in [-0.25, -0.2) is 9.18 Å². The summed E-state index contributed by atoms with van der Waals surface area (Å²) in [7, 11) is 0. The second-order valence-corrected chi connectivity index (χ2v) is 3.23. The fourth-order valence-electron chi connectivity index (χ4n) is 1.34. The molecule has 84 valence electrons. The van der Waals surface area contributed by atoms with Crippen molar-refractivity contribution >= 4 is 11.8 Å². The van der Waals surface area contributed by atoms with Crippen molar-refractivity contribution in [2.24, 2.45) is 4.99 Å². The standard InChI is InChI=1S/C13H8FNO2/c14-10-4-3-5-11(8-10)17-13-7-2-1-6-12(13)15-9-16/h1-8H. The summed E-state index contributed by atoms with van der Waals surface area (Å²) in [5.41, 5.74) is 0.353. The van der Waals surface area contributed by atoms with Gasteiger partial charge in [-0.15, -0.1) is 0 Å². The minimum absolute atomic E-state index is 0.346. The van der Waals surface area contributed by atoms with Crippen LogP contribution in [-0.2, 0) is 4.79 Å². The van der Waals surface area contributed by atoms with Crippen LogP contribution in [0, 0.1) is 5.82 Å². The molecule has 0 amide bonds. The average Bonchev–Trinajstić information content (AvgIpc) is 2.32. The number of rotatable bonds is 3. The van der Waals surface area contributed by atoms with Gasteiger partial charge in [0.15, 0.2) is 5.75 Å². The van der Waals surface area contributed by atoms with Crippen LogP contribution in [0.3, 0.4) is 0 Å². The van der Waals surface area contributed by atoms with Crippen molar-refractivity contribution in [1.82, 2.24) is 0 Å². The lowest BCUT2D eigenvalue weighted by Gasteiger charge is -2.07. The minimum atomic E-state index is -0.390. The van der Waals surface area contributed by atoms with Crippen LogP contribution in [0.15, 0.2) is 53.5 Å². The van der Waals surface area contributed by atoms with Gasteiger partial charge in [-0.1, -0.05) is 18.2 Å². The molecule has 0 saturated carbocycles. The first-order valence-electron chi connectivity index (χ1n) is 4.90. The molecule has 17 heavy (non-hydrogen) atoms. The van der Waals surface area contributed by atoms with E-state index < -0.39 is 0 Å². The number of nitrogens with zero attached hydrogens (tertiary/aromatic N) is 1. The summed E-state index contributed by atoms with van der Waals surface area (Å²) in [6.07, 6.45) is 1.44. The van der Waals surface area contributed by atoms with E-state index in [4.69, 9.17) is 4.74 Å². The van der Waals surface area contributed by atoms with Gasteiger partial charge in [0.05, 0.1) is 0 Å². The summed E-state index contributed by atoms with van der Waals surface area (Å²) in [6.45, 7) is 0. The van der Waals surface area contributed by atoms with E-state index in [0.717, 1.165) is 0 Å². The lowest BCUT2D eigenvalue weighted by atomic mass is 10.3. The summed E-state index contributed by atoms with van der Waals surface area (Å²) in [5.74, 6) is 0.332. The number of aliphatic imine (C=N–C) groups is 1. The third-order valence-electron chi connectivity index (χ3n) is 2.06. The quantitative estimate of drug-likeness (QED) is 0.596. The van der Waals surface area contributed by atoms with Gasteiger partial charge in [0.25, 0.3) is 0 Å². The van der Waals surface area contributed by atoms with E-state index >= 15 is 0 Å². The van der Waals surface area contributed by atoms with Crippen molar-refractivity contribution in [3.8, 4) is 11.5 Å². The van der Waals surface area contributed by atoms with E-state index in [9.17, 15) is 9.18 Å². The molecule has 0 aliphatic rings. The molecule has 0 saturated heterocycles. The van der Waals surface area contributed by atoms with Crippen LogP contribution in [-0.4, -0.2) is 6.08 Å². The molecule has 0 aliphatic carbocycles. The number of para-hydroxylation sites is 2. The first-order chi connectivity index (χ1) is 8.29. The molecule has 0 radical (unpaired) electrons. The number of ether oxygens (including phenoxy) is 1. The first kappa shape index (κ1) is 11.0. The second-order valence-electron chi connectivity index (χ2n) is 3.23. The molecule has 0 unspecified atom stereocenters. The summed E-state index contributed by atoms with van der Waals surface area (Å²) >= 11 is 0. The lowest BCUT2D eigenvalue weighted by Crippen LogP contribution is -1.85. The first-order valence-corrected chi connectivity index (χ1v) is 4.90. The second kappa shape index (κ2) is 5.05. The number of hydrogen-bond donors (Lipinski definition) is 0. The van der Waals surface area contributed by atoms with Crippen molar-refractivity contribution in [3.05, 3.63) is 54.3 Å². The molecule has 0 heterocycles. The van der Waals surface area contributed by atoms with E-state index in [2.05, 4.69) is 4.99 Å². The zero-order valence-corrected chi connectivity index (χ0v) is 8.76. The number of halogens is 1. The SMILES string of the molecule is O=C=Nc1ccccc1Oc1cccc(F)c1. The molecular weight excluding hydrogens is 221 g/mol. The molecule has 0 fully saturated rings. The Kier molecular flexibility index (Phi) is 3.28. The van der Waals surface area contributed by atoms with Crippen LogP contribution < -0.4 is 4.74 Å². The van der Waals surface area contributed by atoms with Gasteiger partial charge >= 0.3 is 0 Å². The molecule has 4 heteroatoms. The van der Waals surface area contributed by atoms with Gasteiger partial charge in [0.2, 0.25) is 6.08 Å². The third-order valence-corrected chi connectivity index (χ3v) is 2.06. The Morgan fingerprint density at radius 1 is 1.12 bits per heavy atom. The summed E-state index contributed by atoms with van der Waals surface area (Å²) < 4.78 is 18.4. The predicted octanol–water partition coefficient (Wildman–Crippen LogP) is 3.59. The Morgan fingerprint density at radius 2 is 1.94 bits per heavy atom. The largest absolute Gasteiger partial charge is 0.455 e.